The van der Waals surface area contributed by atoms with Gasteiger partial charge in [0.15, 0.2) is 10.8 Å². The number of carbonyl (C=O) groups excluding carboxylic acids is 1. The molecule has 4 rings (SSSR count). The van der Waals surface area contributed by atoms with Crippen LogP contribution in [0.4, 0.5) is 0 Å². The van der Waals surface area contributed by atoms with E-state index in [1.54, 1.807) is 6.26 Å². The Morgan fingerprint density at radius 3 is 2.96 bits per heavy atom. The molecular formula is C19H16N2O3S. The summed E-state index contributed by atoms with van der Waals surface area (Å²) in [7, 11) is 0. The summed E-state index contributed by atoms with van der Waals surface area (Å²) in [4.78, 5) is 16.7. The Balaban J connectivity index is 1.41. The van der Waals surface area contributed by atoms with Crippen LogP contribution in [0.25, 0.3) is 21.7 Å². The molecule has 3 aromatic heterocycles. The first-order valence-corrected chi connectivity index (χ1v) is 8.83. The molecule has 4 aromatic rings. The van der Waals surface area contributed by atoms with Gasteiger partial charge >= 0.3 is 0 Å². The van der Waals surface area contributed by atoms with E-state index in [0.717, 1.165) is 27.4 Å². The van der Waals surface area contributed by atoms with Crippen LogP contribution in [0.5, 0.6) is 0 Å². The lowest BCUT2D eigenvalue weighted by Gasteiger charge is -2.10. The van der Waals surface area contributed by atoms with E-state index >= 15 is 0 Å². The molecule has 0 aliphatic rings. The Kier molecular flexibility index (Phi) is 4.11. The van der Waals surface area contributed by atoms with Gasteiger partial charge in [-0.2, -0.15) is 0 Å². The second-order valence-corrected chi connectivity index (χ2v) is 6.63. The van der Waals surface area contributed by atoms with Gasteiger partial charge in [-0.15, -0.1) is 11.3 Å². The minimum absolute atomic E-state index is 0.0933. The molecule has 1 amide bonds. The lowest BCUT2D eigenvalue weighted by atomic mass is 10.2. The molecule has 0 aliphatic carbocycles. The van der Waals surface area contributed by atoms with Gasteiger partial charge < -0.3 is 14.2 Å². The second-order valence-electron chi connectivity index (χ2n) is 5.77. The monoisotopic (exact) mass is 352 g/mol. The quantitative estimate of drug-likeness (QED) is 0.571. The van der Waals surface area contributed by atoms with Crippen molar-refractivity contribution in [2.24, 2.45) is 0 Å². The van der Waals surface area contributed by atoms with Gasteiger partial charge in [0.2, 0.25) is 5.91 Å². The molecule has 5 nitrogen and oxygen atoms in total. The van der Waals surface area contributed by atoms with Crippen LogP contribution in [-0.2, 0) is 11.2 Å². The molecule has 126 valence electrons. The first kappa shape index (κ1) is 15.7. The van der Waals surface area contributed by atoms with Crippen molar-refractivity contribution in [1.82, 2.24) is 10.3 Å². The molecule has 1 N–H and O–H groups in total. The van der Waals surface area contributed by atoms with E-state index in [9.17, 15) is 4.79 Å². The Morgan fingerprint density at radius 1 is 1.28 bits per heavy atom. The van der Waals surface area contributed by atoms with E-state index in [1.165, 1.54) is 11.3 Å². The molecule has 0 radical (unpaired) electrons. The maximum atomic E-state index is 12.3. The van der Waals surface area contributed by atoms with E-state index in [1.807, 2.05) is 54.8 Å². The Bertz CT molecular complexity index is 968. The van der Waals surface area contributed by atoms with Crippen LogP contribution in [0.3, 0.4) is 0 Å². The fraction of sp³-hybridized carbons (Fsp3) is 0.158. The second kappa shape index (κ2) is 6.57. The lowest BCUT2D eigenvalue weighted by molar-refractivity contribution is -0.121. The molecule has 0 spiro atoms. The van der Waals surface area contributed by atoms with E-state index < -0.39 is 0 Å². The molecule has 0 aliphatic heterocycles. The minimum Gasteiger partial charge on any atom is -0.462 e. The molecule has 1 unspecified atom stereocenters. The van der Waals surface area contributed by atoms with Gasteiger partial charge in [0.25, 0.3) is 0 Å². The van der Waals surface area contributed by atoms with Gasteiger partial charge in [-0.05, 0) is 31.2 Å². The molecular weight excluding hydrogens is 336 g/mol. The predicted molar refractivity (Wildman–Crippen MR) is 96.3 cm³/mol. The lowest BCUT2D eigenvalue weighted by Crippen LogP contribution is -2.27. The molecule has 6 heteroatoms. The number of hydrogen-bond acceptors (Lipinski definition) is 5. The van der Waals surface area contributed by atoms with Crippen LogP contribution in [0, 0.1) is 0 Å². The first-order chi connectivity index (χ1) is 12.2. The minimum atomic E-state index is -0.205. The summed E-state index contributed by atoms with van der Waals surface area (Å²) in [5.41, 5.74) is 1.55. The van der Waals surface area contributed by atoms with Gasteiger partial charge in [-0.1, -0.05) is 18.2 Å². The van der Waals surface area contributed by atoms with Crippen LogP contribution < -0.4 is 5.32 Å². The summed E-state index contributed by atoms with van der Waals surface area (Å²) >= 11 is 1.46. The highest BCUT2D eigenvalue weighted by atomic mass is 32.1. The van der Waals surface area contributed by atoms with Gasteiger partial charge in [-0.3, -0.25) is 4.79 Å². The SMILES string of the molecule is CC(NC(=O)Cc1csc(-c2ccco2)n1)c1cc2ccccc2o1. The number of carbonyl (C=O) groups is 1. The summed E-state index contributed by atoms with van der Waals surface area (Å²) in [6.07, 6.45) is 1.83. The molecule has 3 heterocycles. The number of benzene rings is 1. The van der Waals surface area contributed by atoms with Crippen LogP contribution in [0.2, 0.25) is 0 Å². The highest BCUT2D eigenvalue weighted by Gasteiger charge is 2.16. The molecule has 0 bridgehead atoms. The normalized spacial score (nSPS) is 12.4. The largest absolute Gasteiger partial charge is 0.462 e. The third-order valence-electron chi connectivity index (χ3n) is 3.87. The number of hydrogen-bond donors (Lipinski definition) is 1. The van der Waals surface area contributed by atoms with Crippen LogP contribution >= 0.6 is 11.3 Å². The number of aromatic nitrogens is 1. The summed E-state index contributed by atoms with van der Waals surface area (Å²) in [5.74, 6) is 1.36. The van der Waals surface area contributed by atoms with Crippen molar-refractivity contribution in [2.75, 3.05) is 0 Å². The summed E-state index contributed by atoms with van der Waals surface area (Å²) in [6, 6.07) is 13.2. The highest BCUT2D eigenvalue weighted by Crippen LogP contribution is 2.25. The smallest absolute Gasteiger partial charge is 0.226 e. The van der Waals surface area contributed by atoms with Crippen molar-refractivity contribution in [3.63, 3.8) is 0 Å². The van der Waals surface area contributed by atoms with E-state index in [4.69, 9.17) is 8.83 Å². The van der Waals surface area contributed by atoms with Crippen molar-refractivity contribution >= 4 is 28.2 Å². The Morgan fingerprint density at radius 2 is 2.16 bits per heavy atom. The number of thiazole rings is 1. The maximum Gasteiger partial charge on any atom is 0.226 e. The van der Waals surface area contributed by atoms with Crippen LogP contribution in [0.15, 0.2) is 62.9 Å². The topological polar surface area (TPSA) is 68.3 Å². The zero-order chi connectivity index (χ0) is 17.2. The average Bonchev–Trinajstić information content (AvgIpc) is 3.34. The van der Waals surface area contributed by atoms with Gasteiger partial charge in [0.1, 0.15) is 11.3 Å². The van der Waals surface area contributed by atoms with Crippen LogP contribution in [-0.4, -0.2) is 10.9 Å². The van der Waals surface area contributed by atoms with Gasteiger partial charge in [0, 0.05) is 10.8 Å². The summed E-state index contributed by atoms with van der Waals surface area (Å²) < 4.78 is 11.1. The van der Waals surface area contributed by atoms with Crippen molar-refractivity contribution < 1.29 is 13.6 Å². The molecule has 0 fully saturated rings. The number of nitrogens with one attached hydrogen (secondary N) is 1. The molecule has 0 saturated heterocycles. The van der Waals surface area contributed by atoms with Crippen molar-refractivity contribution in [3.05, 3.63) is 65.6 Å². The fourth-order valence-corrected chi connectivity index (χ4v) is 3.43. The van der Waals surface area contributed by atoms with E-state index in [0.29, 0.717) is 5.76 Å². The standard InChI is InChI=1S/C19H16N2O3S/c1-12(17-9-13-5-2-3-6-15(13)24-17)20-18(22)10-14-11-25-19(21-14)16-7-4-8-23-16/h2-9,11-12H,10H2,1H3,(H,20,22). The Labute approximate surface area is 148 Å². The summed E-state index contributed by atoms with van der Waals surface area (Å²) in [6.45, 7) is 1.91. The van der Waals surface area contributed by atoms with Gasteiger partial charge in [-0.25, -0.2) is 4.98 Å². The first-order valence-electron chi connectivity index (χ1n) is 7.95. The zero-order valence-electron chi connectivity index (χ0n) is 13.6. The van der Waals surface area contributed by atoms with Gasteiger partial charge in [0.05, 0.1) is 24.4 Å². The number of para-hydroxylation sites is 1. The Hall–Kier alpha value is -2.86. The summed E-state index contributed by atoms with van der Waals surface area (Å²) in [5, 5.41) is 6.64. The molecule has 25 heavy (non-hydrogen) atoms. The number of fused-ring (bicyclic) bond motifs is 1. The maximum absolute atomic E-state index is 12.3. The highest BCUT2D eigenvalue weighted by molar-refractivity contribution is 7.13. The van der Waals surface area contributed by atoms with Crippen molar-refractivity contribution in [1.29, 1.82) is 0 Å². The van der Waals surface area contributed by atoms with Crippen molar-refractivity contribution in [2.45, 2.75) is 19.4 Å². The number of nitrogens with zero attached hydrogens (tertiary/aromatic N) is 1. The third-order valence-corrected chi connectivity index (χ3v) is 4.78. The fourth-order valence-electron chi connectivity index (χ4n) is 2.65. The van der Waals surface area contributed by atoms with E-state index in [2.05, 4.69) is 10.3 Å². The zero-order valence-corrected chi connectivity index (χ0v) is 14.4. The molecule has 1 atom stereocenters. The average molecular weight is 352 g/mol. The van der Waals surface area contributed by atoms with E-state index in [-0.39, 0.29) is 18.4 Å². The molecule has 0 saturated carbocycles. The number of amides is 1. The van der Waals surface area contributed by atoms with Crippen molar-refractivity contribution in [3.8, 4) is 10.8 Å². The third kappa shape index (κ3) is 3.34. The predicted octanol–water partition coefficient (Wildman–Crippen LogP) is 4.57. The number of rotatable bonds is 5. The molecule has 1 aromatic carbocycles. The van der Waals surface area contributed by atoms with Crippen LogP contribution in [0.1, 0.15) is 24.4 Å². The number of furan rings is 2.